The van der Waals surface area contributed by atoms with Crippen molar-refractivity contribution in [3.05, 3.63) is 52.2 Å². The van der Waals surface area contributed by atoms with Gasteiger partial charge in [-0.1, -0.05) is 24.6 Å². The van der Waals surface area contributed by atoms with Crippen molar-refractivity contribution in [2.24, 2.45) is 0 Å². The van der Waals surface area contributed by atoms with E-state index < -0.39 is 0 Å². The molecule has 4 heteroatoms. The maximum atomic E-state index is 6.16. The van der Waals surface area contributed by atoms with Crippen LogP contribution >= 0.6 is 11.6 Å². The van der Waals surface area contributed by atoms with Gasteiger partial charge in [0, 0.05) is 17.6 Å². The zero-order valence-electron chi connectivity index (χ0n) is 12.0. The van der Waals surface area contributed by atoms with E-state index in [0.29, 0.717) is 5.88 Å². The molecule has 1 aromatic carbocycles. The van der Waals surface area contributed by atoms with Gasteiger partial charge in [-0.2, -0.15) is 0 Å². The van der Waals surface area contributed by atoms with Crippen LogP contribution < -0.4 is 10.1 Å². The lowest BCUT2D eigenvalue weighted by Crippen LogP contribution is -2.12. The van der Waals surface area contributed by atoms with Crippen LogP contribution in [-0.2, 0) is 6.54 Å². The average Bonchev–Trinajstić information content (AvgIpc) is 2.43. The Kier molecular flexibility index (Phi) is 4.99. The smallest absolute Gasteiger partial charge is 0.219 e. The van der Waals surface area contributed by atoms with E-state index in [2.05, 4.69) is 17.2 Å². The normalized spacial score (nSPS) is 10.6. The first kappa shape index (κ1) is 14.8. The van der Waals surface area contributed by atoms with Gasteiger partial charge in [0.2, 0.25) is 5.88 Å². The largest absolute Gasteiger partial charge is 0.439 e. The van der Waals surface area contributed by atoms with E-state index in [1.165, 1.54) is 0 Å². The number of pyridine rings is 1. The molecular weight excluding hydrogens is 272 g/mol. The lowest BCUT2D eigenvalue weighted by atomic mass is 10.1. The van der Waals surface area contributed by atoms with Crippen LogP contribution in [0.1, 0.15) is 23.7 Å². The van der Waals surface area contributed by atoms with Gasteiger partial charge in [-0.3, -0.25) is 0 Å². The van der Waals surface area contributed by atoms with Gasteiger partial charge in [-0.15, -0.1) is 0 Å². The van der Waals surface area contributed by atoms with E-state index >= 15 is 0 Å². The zero-order valence-corrected chi connectivity index (χ0v) is 12.8. The second-order valence-electron chi connectivity index (χ2n) is 4.72. The lowest BCUT2D eigenvalue weighted by Gasteiger charge is -2.10. The maximum Gasteiger partial charge on any atom is 0.219 e. The number of nitrogens with one attached hydrogen (secondary N) is 1. The Hall–Kier alpha value is -1.58. The summed E-state index contributed by atoms with van der Waals surface area (Å²) in [5.74, 6) is 1.36. The highest BCUT2D eigenvalue weighted by Crippen LogP contribution is 2.28. The number of rotatable bonds is 5. The SMILES string of the molecule is CCNCc1cccc(Oc2cc(C)c(Cl)c(C)c2)n1. The predicted octanol–water partition coefficient (Wildman–Crippen LogP) is 4.25. The van der Waals surface area contributed by atoms with Crippen LogP contribution in [-0.4, -0.2) is 11.5 Å². The van der Waals surface area contributed by atoms with Crippen molar-refractivity contribution in [1.82, 2.24) is 10.3 Å². The minimum absolute atomic E-state index is 0.599. The molecule has 0 unspecified atom stereocenters. The summed E-state index contributed by atoms with van der Waals surface area (Å²) in [6.45, 7) is 7.67. The van der Waals surface area contributed by atoms with Crippen LogP contribution in [0.15, 0.2) is 30.3 Å². The third-order valence-electron chi connectivity index (χ3n) is 2.97. The Morgan fingerprint density at radius 2 is 1.90 bits per heavy atom. The highest BCUT2D eigenvalue weighted by Gasteiger charge is 2.06. The highest BCUT2D eigenvalue weighted by molar-refractivity contribution is 6.32. The Morgan fingerprint density at radius 3 is 2.55 bits per heavy atom. The first-order chi connectivity index (χ1) is 9.60. The second kappa shape index (κ2) is 6.73. The molecule has 20 heavy (non-hydrogen) atoms. The van der Waals surface area contributed by atoms with Crippen LogP contribution in [0.5, 0.6) is 11.6 Å². The monoisotopic (exact) mass is 290 g/mol. The van der Waals surface area contributed by atoms with Crippen LogP contribution in [0.25, 0.3) is 0 Å². The summed E-state index contributed by atoms with van der Waals surface area (Å²) >= 11 is 6.16. The van der Waals surface area contributed by atoms with E-state index in [1.54, 1.807) is 0 Å². The molecule has 2 rings (SSSR count). The standard InChI is InChI=1S/C16H19ClN2O/c1-4-18-10-13-6-5-7-15(19-13)20-14-8-11(2)16(17)12(3)9-14/h5-9,18H,4,10H2,1-3H3. The number of hydrogen-bond acceptors (Lipinski definition) is 3. The molecule has 0 saturated heterocycles. The fraction of sp³-hybridized carbons (Fsp3) is 0.312. The summed E-state index contributed by atoms with van der Waals surface area (Å²) in [4.78, 5) is 4.47. The van der Waals surface area contributed by atoms with Gasteiger partial charge in [0.1, 0.15) is 5.75 Å². The Labute approximate surface area is 124 Å². The molecule has 0 fully saturated rings. The molecule has 0 atom stereocenters. The van der Waals surface area contributed by atoms with Crippen LogP contribution in [0, 0.1) is 13.8 Å². The molecule has 0 spiro atoms. The molecule has 0 aliphatic heterocycles. The molecular formula is C16H19ClN2O. The van der Waals surface area contributed by atoms with Crippen LogP contribution in [0.3, 0.4) is 0 Å². The molecule has 0 aliphatic rings. The number of ether oxygens (including phenoxy) is 1. The quantitative estimate of drug-likeness (QED) is 0.894. The fourth-order valence-corrected chi connectivity index (χ4v) is 2.06. The van der Waals surface area contributed by atoms with Crippen molar-refractivity contribution in [3.8, 4) is 11.6 Å². The first-order valence-corrected chi connectivity index (χ1v) is 7.09. The summed E-state index contributed by atoms with van der Waals surface area (Å²) in [6.07, 6.45) is 0. The molecule has 106 valence electrons. The van der Waals surface area contributed by atoms with E-state index in [9.17, 15) is 0 Å². The molecule has 1 heterocycles. The third-order valence-corrected chi connectivity index (χ3v) is 3.57. The number of nitrogens with zero attached hydrogens (tertiary/aromatic N) is 1. The van der Waals surface area contributed by atoms with E-state index in [4.69, 9.17) is 16.3 Å². The van der Waals surface area contributed by atoms with Crippen molar-refractivity contribution < 1.29 is 4.74 Å². The van der Waals surface area contributed by atoms with E-state index in [1.807, 2.05) is 44.2 Å². The summed E-state index contributed by atoms with van der Waals surface area (Å²) in [7, 11) is 0. The molecule has 3 nitrogen and oxygen atoms in total. The molecule has 0 amide bonds. The van der Waals surface area contributed by atoms with Gasteiger partial charge in [0.05, 0.1) is 5.69 Å². The summed E-state index contributed by atoms with van der Waals surface area (Å²) < 4.78 is 5.82. The number of benzene rings is 1. The van der Waals surface area contributed by atoms with Crippen LogP contribution in [0.2, 0.25) is 5.02 Å². The first-order valence-electron chi connectivity index (χ1n) is 6.71. The number of aryl methyl sites for hydroxylation is 2. The minimum Gasteiger partial charge on any atom is -0.439 e. The minimum atomic E-state index is 0.599. The van der Waals surface area contributed by atoms with Gasteiger partial charge in [-0.05, 0) is 49.7 Å². The number of hydrogen-bond donors (Lipinski definition) is 1. The van der Waals surface area contributed by atoms with Crippen LogP contribution in [0.4, 0.5) is 0 Å². The maximum absolute atomic E-state index is 6.16. The van der Waals surface area contributed by atoms with Gasteiger partial charge >= 0.3 is 0 Å². The topological polar surface area (TPSA) is 34.1 Å². The summed E-state index contributed by atoms with van der Waals surface area (Å²) in [5, 5.41) is 4.03. The summed E-state index contributed by atoms with van der Waals surface area (Å²) in [6, 6.07) is 9.63. The van der Waals surface area contributed by atoms with Crippen molar-refractivity contribution >= 4 is 11.6 Å². The second-order valence-corrected chi connectivity index (χ2v) is 5.10. The fourth-order valence-electron chi connectivity index (χ4n) is 1.95. The Bertz CT molecular complexity index is 576. The lowest BCUT2D eigenvalue weighted by molar-refractivity contribution is 0.459. The molecule has 2 aromatic rings. The Morgan fingerprint density at radius 1 is 1.20 bits per heavy atom. The van der Waals surface area contributed by atoms with Gasteiger partial charge < -0.3 is 10.1 Å². The third kappa shape index (κ3) is 3.71. The van der Waals surface area contributed by atoms with E-state index in [-0.39, 0.29) is 0 Å². The van der Waals surface area contributed by atoms with Crippen molar-refractivity contribution in [1.29, 1.82) is 0 Å². The van der Waals surface area contributed by atoms with Crippen molar-refractivity contribution in [2.45, 2.75) is 27.3 Å². The van der Waals surface area contributed by atoms with E-state index in [0.717, 1.165) is 40.7 Å². The Balaban J connectivity index is 2.17. The van der Waals surface area contributed by atoms with Crippen molar-refractivity contribution in [2.75, 3.05) is 6.54 Å². The van der Waals surface area contributed by atoms with Crippen molar-refractivity contribution in [3.63, 3.8) is 0 Å². The number of halogens is 1. The molecule has 0 radical (unpaired) electrons. The summed E-state index contributed by atoms with van der Waals surface area (Å²) in [5.41, 5.74) is 2.97. The van der Waals surface area contributed by atoms with Gasteiger partial charge in [0.15, 0.2) is 0 Å². The zero-order chi connectivity index (χ0) is 14.5. The predicted molar refractivity (Wildman–Crippen MR) is 82.6 cm³/mol. The van der Waals surface area contributed by atoms with Gasteiger partial charge in [0.25, 0.3) is 0 Å². The average molecular weight is 291 g/mol. The number of aromatic nitrogens is 1. The van der Waals surface area contributed by atoms with Gasteiger partial charge in [-0.25, -0.2) is 4.98 Å². The molecule has 0 saturated carbocycles. The molecule has 1 N–H and O–H groups in total. The molecule has 0 bridgehead atoms. The molecule has 0 aliphatic carbocycles. The molecule has 1 aromatic heterocycles. The highest BCUT2D eigenvalue weighted by atomic mass is 35.5.